The van der Waals surface area contributed by atoms with Crippen LogP contribution in [0.5, 0.6) is 0 Å². The summed E-state index contributed by atoms with van der Waals surface area (Å²) in [6.45, 7) is 3.42. The molecule has 1 N–H and O–H groups in total. The van der Waals surface area contributed by atoms with E-state index >= 15 is 0 Å². The number of benzene rings is 1. The first-order valence-electron chi connectivity index (χ1n) is 8.34. The first-order chi connectivity index (χ1) is 12.3. The molecule has 1 aromatic carbocycles. The fraction of sp³-hybridized carbons (Fsp3) is 0.529. The Bertz CT molecular complexity index is 737. The standard InChI is InChI=1S/C17H24N2O6S/c1-13(14-3-5-16(6-4-14)26(2,22)23)18-25-12-11-24-15-7-9-19(10-8-15)17(20)21/h3-6,15H,7-12H2,1-2H3,(H,20,21)/b18-13-. The van der Waals surface area contributed by atoms with Crippen molar-refractivity contribution in [3.05, 3.63) is 29.8 Å². The molecule has 0 radical (unpaired) electrons. The Balaban J connectivity index is 1.71. The molecule has 1 fully saturated rings. The summed E-state index contributed by atoms with van der Waals surface area (Å²) in [5.74, 6) is 0. The number of piperidine rings is 1. The Morgan fingerprint density at radius 2 is 1.85 bits per heavy atom. The zero-order chi connectivity index (χ0) is 19.2. The molecule has 1 heterocycles. The number of likely N-dealkylation sites (tertiary alicyclic amines) is 1. The van der Waals surface area contributed by atoms with Gasteiger partial charge in [0.1, 0.15) is 6.61 Å². The van der Waals surface area contributed by atoms with Gasteiger partial charge < -0.3 is 19.6 Å². The molecule has 9 heteroatoms. The van der Waals surface area contributed by atoms with Crippen LogP contribution in [0.25, 0.3) is 0 Å². The lowest BCUT2D eigenvalue weighted by molar-refractivity contribution is -0.0192. The van der Waals surface area contributed by atoms with Crippen molar-refractivity contribution in [3.63, 3.8) is 0 Å². The predicted molar refractivity (Wildman–Crippen MR) is 96.3 cm³/mol. The second-order valence-corrected chi connectivity index (χ2v) is 8.16. The summed E-state index contributed by atoms with van der Waals surface area (Å²) in [5, 5.41) is 12.9. The van der Waals surface area contributed by atoms with Crippen molar-refractivity contribution in [1.82, 2.24) is 4.90 Å². The van der Waals surface area contributed by atoms with Crippen LogP contribution in [0.1, 0.15) is 25.3 Å². The summed E-state index contributed by atoms with van der Waals surface area (Å²) >= 11 is 0. The number of rotatable bonds is 7. The molecular weight excluding hydrogens is 360 g/mol. The highest BCUT2D eigenvalue weighted by atomic mass is 32.2. The third-order valence-electron chi connectivity index (χ3n) is 4.14. The Hall–Kier alpha value is -2.13. The average Bonchev–Trinajstić information content (AvgIpc) is 2.61. The number of carbonyl (C=O) groups is 1. The van der Waals surface area contributed by atoms with Gasteiger partial charge in [0.25, 0.3) is 0 Å². The lowest BCUT2D eigenvalue weighted by Crippen LogP contribution is -2.40. The quantitative estimate of drug-likeness (QED) is 0.438. The van der Waals surface area contributed by atoms with Crippen LogP contribution in [-0.4, -0.2) is 68.9 Å². The highest BCUT2D eigenvalue weighted by molar-refractivity contribution is 7.90. The zero-order valence-electron chi connectivity index (χ0n) is 14.9. The van der Waals surface area contributed by atoms with E-state index in [4.69, 9.17) is 14.7 Å². The molecule has 0 unspecified atom stereocenters. The summed E-state index contributed by atoms with van der Waals surface area (Å²) < 4.78 is 28.5. The predicted octanol–water partition coefficient (Wildman–Crippen LogP) is 1.99. The van der Waals surface area contributed by atoms with Crippen molar-refractivity contribution in [2.75, 3.05) is 32.6 Å². The molecule has 0 bridgehead atoms. The molecule has 8 nitrogen and oxygen atoms in total. The van der Waals surface area contributed by atoms with Gasteiger partial charge in [-0.3, -0.25) is 0 Å². The molecule has 0 atom stereocenters. The topological polar surface area (TPSA) is 106 Å². The van der Waals surface area contributed by atoms with Crippen molar-refractivity contribution in [2.45, 2.75) is 30.8 Å². The van der Waals surface area contributed by atoms with Crippen LogP contribution in [-0.2, 0) is 19.4 Å². The number of carboxylic acid groups (broad SMARTS) is 1. The lowest BCUT2D eigenvalue weighted by Gasteiger charge is -2.29. The number of nitrogens with zero attached hydrogens (tertiary/aromatic N) is 2. The maximum atomic E-state index is 11.4. The minimum Gasteiger partial charge on any atom is -0.465 e. The molecule has 144 valence electrons. The van der Waals surface area contributed by atoms with E-state index in [0.29, 0.717) is 38.2 Å². The molecule has 0 aromatic heterocycles. The normalized spacial score (nSPS) is 16.5. The van der Waals surface area contributed by atoms with E-state index in [1.54, 1.807) is 19.1 Å². The van der Waals surface area contributed by atoms with Crippen LogP contribution in [0.15, 0.2) is 34.3 Å². The van der Waals surface area contributed by atoms with Crippen LogP contribution in [0.4, 0.5) is 4.79 Å². The minimum atomic E-state index is -3.21. The van der Waals surface area contributed by atoms with E-state index in [1.165, 1.54) is 17.0 Å². The number of oxime groups is 1. The van der Waals surface area contributed by atoms with Gasteiger partial charge in [0, 0.05) is 19.3 Å². The van der Waals surface area contributed by atoms with Gasteiger partial charge in [0.15, 0.2) is 9.84 Å². The fourth-order valence-corrected chi connectivity index (χ4v) is 3.23. The van der Waals surface area contributed by atoms with E-state index in [9.17, 15) is 13.2 Å². The van der Waals surface area contributed by atoms with Crippen LogP contribution >= 0.6 is 0 Å². The molecule has 26 heavy (non-hydrogen) atoms. The minimum absolute atomic E-state index is 0.0443. The van der Waals surface area contributed by atoms with E-state index < -0.39 is 15.9 Å². The number of hydrogen-bond acceptors (Lipinski definition) is 6. The first kappa shape index (κ1) is 20.2. The first-order valence-corrected chi connectivity index (χ1v) is 10.2. The summed E-state index contributed by atoms with van der Waals surface area (Å²) in [5.41, 5.74) is 1.42. The Morgan fingerprint density at radius 1 is 1.23 bits per heavy atom. The maximum Gasteiger partial charge on any atom is 0.407 e. The molecule has 1 aliphatic rings. The molecule has 0 aliphatic carbocycles. The summed E-state index contributed by atoms with van der Waals surface area (Å²) in [4.78, 5) is 17.7. The van der Waals surface area contributed by atoms with E-state index in [-0.39, 0.29) is 17.6 Å². The van der Waals surface area contributed by atoms with Crippen molar-refractivity contribution >= 4 is 21.6 Å². The van der Waals surface area contributed by atoms with Gasteiger partial charge in [0.2, 0.25) is 0 Å². The molecule has 0 saturated carbocycles. The van der Waals surface area contributed by atoms with E-state index in [1.807, 2.05) is 0 Å². The molecule has 1 saturated heterocycles. The number of sulfone groups is 1. The van der Waals surface area contributed by atoms with Gasteiger partial charge in [-0.2, -0.15) is 0 Å². The van der Waals surface area contributed by atoms with Crippen LogP contribution in [0.3, 0.4) is 0 Å². The highest BCUT2D eigenvalue weighted by Gasteiger charge is 2.22. The summed E-state index contributed by atoms with van der Waals surface area (Å²) in [7, 11) is -3.21. The maximum absolute atomic E-state index is 11.4. The SMILES string of the molecule is C/C(=N/OCCOC1CCN(C(=O)O)CC1)c1ccc(S(C)(=O)=O)cc1. The second-order valence-electron chi connectivity index (χ2n) is 6.15. The number of amides is 1. The lowest BCUT2D eigenvalue weighted by atomic mass is 10.1. The van der Waals surface area contributed by atoms with Gasteiger partial charge in [-0.25, -0.2) is 13.2 Å². The van der Waals surface area contributed by atoms with Gasteiger partial charge >= 0.3 is 6.09 Å². The third kappa shape index (κ3) is 5.99. The third-order valence-corrected chi connectivity index (χ3v) is 5.27. The summed E-state index contributed by atoms with van der Waals surface area (Å²) in [6, 6.07) is 6.45. The molecule has 1 aromatic rings. The van der Waals surface area contributed by atoms with Crippen molar-refractivity contribution in [1.29, 1.82) is 0 Å². The van der Waals surface area contributed by atoms with Gasteiger partial charge in [-0.1, -0.05) is 17.3 Å². The highest BCUT2D eigenvalue weighted by Crippen LogP contribution is 2.14. The molecular formula is C17H24N2O6S. The van der Waals surface area contributed by atoms with Crippen LogP contribution in [0.2, 0.25) is 0 Å². The van der Waals surface area contributed by atoms with Gasteiger partial charge in [-0.05, 0) is 37.5 Å². The smallest absolute Gasteiger partial charge is 0.407 e. The van der Waals surface area contributed by atoms with Crippen molar-refractivity contribution in [2.24, 2.45) is 5.16 Å². The Morgan fingerprint density at radius 3 is 2.38 bits per heavy atom. The molecule has 0 spiro atoms. The van der Waals surface area contributed by atoms with E-state index in [0.717, 1.165) is 11.8 Å². The van der Waals surface area contributed by atoms with Crippen LogP contribution < -0.4 is 0 Å². The summed E-state index contributed by atoms with van der Waals surface area (Å²) in [6.07, 6.45) is 1.68. The molecule has 1 amide bonds. The Kier molecular flexibility index (Phi) is 6.98. The van der Waals surface area contributed by atoms with Crippen molar-refractivity contribution < 1.29 is 27.9 Å². The van der Waals surface area contributed by atoms with Crippen molar-refractivity contribution in [3.8, 4) is 0 Å². The van der Waals surface area contributed by atoms with Gasteiger partial charge in [0.05, 0.1) is 23.3 Å². The average molecular weight is 384 g/mol. The van der Waals surface area contributed by atoms with Gasteiger partial charge in [-0.15, -0.1) is 0 Å². The zero-order valence-corrected chi connectivity index (χ0v) is 15.7. The molecule has 2 rings (SSSR count). The fourth-order valence-electron chi connectivity index (χ4n) is 2.60. The monoisotopic (exact) mass is 384 g/mol. The van der Waals surface area contributed by atoms with E-state index in [2.05, 4.69) is 5.16 Å². The Labute approximate surface area is 153 Å². The molecule has 1 aliphatic heterocycles. The second kappa shape index (κ2) is 9.00. The van der Waals surface area contributed by atoms with Crippen LogP contribution in [0, 0.1) is 0 Å². The number of hydrogen-bond donors (Lipinski definition) is 1. The largest absolute Gasteiger partial charge is 0.465 e. The number of ether oxygens (including phenoxy) is 1.